The van der Waals surface area contributed by atoms with E-state index in [9.17, 15) is 14.4 Å². The van der Waals surface area contributed by atoms with Gasteiger partial charge in [0, 0.05) is 5.54 Å². The lowest BCUT2D eigenvalue weighted by Gasteiger charge is -2.44. The summed E-state index contributed by atoms with van der Waals surface area (Å²) in [5, 5.41) is 5.97. The molecule has 0 aliphatic heterocycles. The predicted octanol–water partition coefficient (Wildman–Crippen LogP) is 6.90. The minimum atomic E-state index is -1.03. The molecule has 2 aromatic rings. The minimum absolute atomic E-state index is 0.393. The molecule has 2 atom stereocenters. The Morgan fingerprint density at radius 1 is 1.11 bits per heavy atom. The number of amides is 3. The molecule has 8 heteroatoms. The molecule has 0 bridgehead atoms. The molecular formula is C30H40ClN3O4. The summed E-state index contributed by atoms with van der Waals surface area (Å²) in [7, 11) is 0. The second-order valence-corrected chi connectivity index (χ2v) is 11.3. The van der Waals surface area contributed by atoms with Crippen LogP contribution in [-0.4, -0.2) is 40.0 Å². The number of nitrogens with one attached hydrogen (secondary N) is 2. The Labute approximate surface area is 231 Å². The molecule has 206 valence electrons. The smallest absolute Gasteiger partial charge is 0.408 e. The van der Waals surface area contributed by atoms with Crippen LogP contribution in [0.2, 0.25) is 5.02 Å². The van der Waals surface area contributed by atoms with Gasteiger partial charge in [0.1, 0.15) is 17.7 Å². The number of benzene rings is 2. The van der Waals surface area contributed by atoms with Gasteiger partial charge >= 0.3 is 6.09 Å². The summed E-state index contributed by atoms with van der Waals surface area (Å²) < 4.78 is 5.35. The maximum atomic E-state index is 14.1. The van der Waals surface area contributed by atoms with Gasteiger partial charge in [-0.05, 0) is 83.7 Å². The summed E-state index contributed by atoms with van der Waals surface area (Å²) in [4.78, 5) is 42.1. The van der Waals surface area contributed by atoms with Crippen LogP contribution in [0.4, 0.5) is 10.5 Å². The highest BCUT2D eigenvalue weighted by Crippen LogP contribution is 2.35. The van der Waals surface area contributed by atoms with Crippen LogP contribution < -0.4 is 10.6 Å². The van der Waals surface area contributed by atoms with E-state index in [0.29, 0.717) is 22.7 Å². The van der Waals surface area contributed by atoms with Crippen molar-refractivity contribution >= 4 is 41.3 Å². The number of anilines is 1. The lowest BCUT2D eigenvalue weighted by molar-refractivity contribution is -0.147. The van der Waals surface area contributed by atoms with Crippen molar-refractivity contribution in [3.8, 4) is 0 Å². The van der Waals surface area contributed by atoms with Crippen LogP contribution in [-0.2, 0) is 14.3 Å². The molecule has 7 nitrogen and oxygen atoms in total. The van der Waals surface area contributed by atoms with Gasteiger partial charge < -0.3 is 20.3 Å². The SMILES string of the molecule is C=Cc1cccc(C(C(=O)Nc2c(C)cccc2Cl)N(C(=O)C(C)NC(=O)OC(C)(C)C)C(C)(C)CC)c1. The fourth-order valence-corrected chi connectivity index (χ4v) is 4.22. The van der Waals surface area contributed by atoms with Gasteiger partial charge in [0.05, 0.1) is 10.7 Å². The van der Waals surface area contributed by atoms with E-state index in [0.717, 1.165) is 11.1 Å². The highest BCUT2D eigenvalue weighted by atomic mass is 35.5. The molecule has 0 aliphatic carbocycles. The van der Waals surface area contributed by atoms with E-state index in [1.807, 2.05) is 52.0 Å². The van der Waals surface area contributed by atoms with Crippen LogP contribution in [0.3, 0.4) is 0 Å². The number of para-hydroxylation sites is 1. The molecule has 0 fully saturated rings. The van der Waals surface area contributed by atoms with Crippen LogP contribution in [0.1, 0.15) is 77.6 Å². The topological polar surface area (TPSA) is 87.7 Å². The van der Waals surface area contributed by atoms with Crippen molar-refractivity contribution in [3.05, 3.63) is 70.8 Å². The monoisotopic (exact) mass is 541 g/mol. The molecule has 0 aromatic heterocycles. The molecule has 0 heterocycles. The normalized spacial score (nSPS) is 13.2. The Morgan fingerprint density at radius 3 is 2.29 bits per heavy atom. The van der Waals surface area contributed by atoms with E-state index in [4.69, 9.17) is 16.3 Å². The van der Waals surface area contributed by atoms with E-state index in [-0.39, 0.29) is 0 Å². The highest BCUT2D eigenvalue weighted by molar-refractivity contribution is 6.34. The van der Waals surface area contributed by atoms with Crippen LogP contribution in [0.15, 0.2) is 49.0 Å². The summed E-state index contributed by atoms with van der Waals surface area (Å²) >= 11 is 6.42. The molecule has 3 amide bonds. The lowest BCUT2D eigenvalue weighted by Crippen LogP contribution is -2.58. The molecular weight excluding hydrogens is 502 g/mol. The van der Waals surface area contributed by atoms with E-state index in [2.05, 4.69) is 17.2 Å². The first-order chi connectivity index (χ1) is 17.6. The predicted molar refractivity (Wildman–Crippen MR) is 154 cm³/mol. The average Bonchev–Trinajstić information content (AvgIpc) is 2.82. The van der Waals surface area contributed by atoms with Gasteiger partial charge in [-0.3, -0.25) is 9.59 Å². The highest BCUT2D eigenvalue weighted by Gasteiger charge is 2.42. The number of ether oxygens (including phenoxy) is 1. The van der Waals surface area contributed by atoms with Crippen molar-refractivity contribution < 1.29 is 19.1 Å². The van der Waals surface area contributed by atoms with Gasteiger partial charge in [-0.25, -0.2) is 4.79 Å². The van der Waals surface area contributed by atoms with Gasteiger partial charge in [0.2, 0.25) is 5.91 Å². The molecule has 0 radical (unpaired) electrons. The Morgan fingerprint density at radius 2 is 1.74 bits per heavy atom. The molecule has 0 spiro atoms. The van der Waals surface area contributed by atoms with Crippen LogP contribution >= 0.6 is 11.6 Å². The number of carbonyl (C=O) groups excluding carboxylic acids is 3. The third-order valence-corrected chi connectivity index (χ3v) is 6.61. The van der Waals surface area contributed by atoms with Crippen molar-refractivity contribution in [2.75, 3.05) is 5.32 Å². The largest absolute Gasteiger partial charge is 0.444 e. The third-order valence-electron chi connectivity index (χ3n) is 6.30. The van der Waals surface area contributed by atoms with Crippen molar-refractivity contribution in [1.82, 2.24) is 10.2 Å². The van der Waals surface area contributed by atoms with Crippen LogP contribution in [0.5, 0.6) is 0 Å². The number of nitrogens with zero attached hydrogens (tertiary/aromatic N) is 1. The number of rotatable bonds is 9. The van der Waals surface area contributed by atoms with Gasteiger partial charge in [0.25, 0.3) is 5.91 Å². The molecule has 2 aromatic carbocycles. The summed E-state index contributed by atoms with van der Waals surface area (Å²) in [6, 6.07) is 10.7. The summed E-state index contributed by atoms with van der Waals surface area (Å²) in [6.07, 6.45) is 1.52. The van der Waals surface area contributed by atoms with E-state index in [1.54, 1.807) is 56.9 Å². The first kappa shape index (κ1) is 30.9. The zero-order chi connectivity index (χ0) is 28.8. The fraction of sp³-hybridized carbons (Fsp3) is 0.433. The minimum Gasteiger partial charge on any atom is -0.444 e. The quantitative estimate of drug-likeness (QED) is 0.361. The summed E-state index contributed by atoms with van der Waals surface area (Å²) in [5.41, 5.74) is 1.18. The molecule has 38 heavy (non-hydrogen) atoms. The Kier molecular flexibility index (Phi) is 10.2. The molecule has 0 saturated heterocycles. The lowest BCUT2D eigenvalue weighted by atomic mass is 9.91. The van der Waals surface area contributed by atoms with Gasteiger partial charge in [-0.1, -0.05) is 61.5 Å². The number of halogens is 1. The second kappa shape index (κ2) is 12.5. The van der Waals surface area contributed by atoms with Crippen molar-refractivity contribution in [2.45, 2.75) is 85.0 Å². The first-order valence-corrected chi connectivity index (χ1v) is 13.1. The first-order valence-electron chi connectivity index (χ1n) is 12.7. The molecule has 0 aliphatic rings. The Balaban J connectivity index is 2.62. The fourth-order valence-electron chi connectivity index (χ4n) is 3.96. The number of alkyl carbamates (subject to hydrolysis) is 1. The van der Waals surface area contributed by atoms with Crippen LogP contribution in [0, 0.1) is 6.92 Å². The van der Waals surface area contributed by atoms with Crippen LogP contribution in [0.25, 0.3) is 6.08 Å². The van der Waals surface area contributed by atoms with Crippen molar-refractivity contribution in [3.63, 3.8) is 0 Å². The second-order valence-electron chi connectivity index (χ2n) is 10.9. The van der Waals surface area contributed by atoms with Gasteiger partial charge in [-0.2, -0.15) is 0 Å². The summed E-state index contributed by atoms with van der Waals surface area (Å²) in [6.45, 7) is 18.2. The van der Waals surface area contributed by atoms with Crippen molar-refractivity contribution in [2.24, 2.45) is 0 Å². The maximum absolute atomic E-state index is 14.1. The van der Waals surface area contributed by atoms with E-state index < -0.39 is 41.1 Å². The average molecular weight is 542 g/mol. The van der Waals surface area contributed by atoms with E-state index in [1.165, 1.54) is 0 Å². The van der Waals surface area contributed by atoms with Crippen molar-refractivity contribution in [1.29, 1.82) is 0 Å². The summed E-state index contributed by atoms with van der Waals surface area (Å²) in [5.74, 6) is -0.857. The maximum Gasteiger partial charge on any atom is 0.408 e. The molecule has 0 saturated carbocycles. The Bertz CT molecular complexity index is 1170. The third kappa shape index (κ3) is 7.84. The molecule has 2 unspecified atom stereocenters. The zero-order valence-corrected chi connectivity index (χ0v) is 24.4. The molecule has 2 N–H and O–H groups in total. The number of hydrogen-bond donors (Lipinski definition) is 2. The number of hydrogen-bond acceptors (Lipinski definition) is 4. The Hall–Kier alpha value is -3.32. The zero-order valence-electron chi connectivity index (χ0n) is 23.6. The van der Waals surface area contributed by atoms with Gasteiger partial charge in [-0.15, -0.1) is 0 Å². The standard InChI is InChI=1S/C30H40ClN3O4/c1-10-21-15-13-16-22(18-21)25(26(35)33-24-19(3)14-12-17-23(24)31)34(30(8,9)11-2)27(36)20(4)32-28(37)38-29(5,6)7/h10,12-18,20,25H,1,11H2,2-9H3,(H,32,37)(H,33,35). The van der Waals surface area contributed by atoms with E-state index >= 15 is 0 Å². The molecule has 2 rings (SSSR count). The number of aryl methyl sites for hydroxylation is 1. The van der Waals surface area contributed by atoms with Gasteiger partial charge in [0.15, 0.2) is 0 Å². The number of carbonyl (C=O) groups is 3.